The van der Waals surface area contributed by atoms with Gasteiger partial charge < -0.3 is 17.7 Å². The third kappa shape index (κ3) is 19.4. The van der Waals surface area contributed by atoms with Crippen LogP contribution in [0.1, 0.15) is 6.92 Å². The van der Waals surface area contributed by atoms with Crippen molar-refractivity contribution in [3.05, 3.63) is 19.7 Å². The summed E-state index contributed by atoms with van der Waals surface area (Å²) >= 11 is 0. The molecule has 0 amide bonds. The molecule has 0 aromatic carbocycles. The standard InChI is InChI=1S/C3H8NO.CH3.Y/c1-3-4(2)5;;/h4H,2-3H2,1H3;1H3;/q2*-1;. The van der Waals surface area contributed by atoms with Gasteiger partial charge in [0.15, 0.2) is 0 Å². The molecule has 0 bridgehead atoms. The van der Waals surface area contributed by atoms with Gasteiger partial charge in [-0.15, -0.1) is 0 Å². The van der Waals surface area contributed by atoms with E-state index in [9.17, 15) is 5.21 Å². The van der Waals surface area contributed by atoms with Gasteiger partial charge in [-0.1, -0.05) is 0 Å². The predicted molar refractivity (Wildman–Crippen MR) is 26.6 cm³/mol. The third-order valence-corrected chi connectivity index (χ3v) is 0.394. The molecule has 7 heavy (non-hydrogen) atoms. The third-order valence-electron chi connectivity index (χ3n) is 0.394. The molecule has 3 heteroatoms. The SMILES string of the molecule is [CH2-][NH+]([O-])CC.[CH3-].[Y]. The minimum Gasteiger partial charge on any atom is -0.663 e. The Morgan fingerprint density at radius 2 is 1.86 bits per heavy atom. The number of hydroxylamine groups is 2. The number of nitrogens with one attached hydrogen (secondary N) is 1. The molecule has 0 aliphatic heterocycles. The van der Waals surface area contributed by atoms with Crippen LogP contribution in [0.3, 0.4) is 0 Å². The van der Waals surface area contributed by atoms with Crippen molar-refractivity contribution in [3.63, 3.8) is 0 Å². The second-order valence-corrected chi connectivity index (χ2v) is 0.892. The Balaban J connectivity index is -0.0000000800. The van der Waals surface area contributed by atoms with Crippen molar-refractivity contribution in [3.8, 4) is 0 Å². The molecule has 1 atom stereocenters. The van der Waals surface area contributed by atoms with Crippen molar-refractivity contribution >= 4 is 0 Å². The molecule has 0 heterocycles. The van der Waals surface area contributed by atoms with Crippen LogP contribution >= 0.6 is 0 Å². The molecule has 0 spiro atoms. The van der Waals surface area contributed by atoms with E-state index in [1.54, 1.807) is 6.92 Å². The number of quaternary nitrogens is 1. The van der Waals surface area contributed by atoms with Gasteiger partial charge in [-0.05, 0) is 6.92 Å². The van der Waals surface area contributed by atoms with E-state index >= 15 is 0 Å². The quantitative estimate of drug-likeness (QED) is 0.430. The minimum atomic E-state index is 0. The van der Waals surface area contributed by atoms with Gasteiger partial charge in [-0.25, -0.2) is 0 Å². The fourth-order valence-corrected chi connectivity index (χ4v) is 0. The van der Waals surface area contributed by atoms with Gasteiger partial charge in [-0.2, -0.15) is 7.05 Å². The zero-order valence-electron chi connectivity index (χ0n) is 4.90. The fraction of sp³-hybridized carbons (Fsp3) is 0.500. The molecule has 0 aromatic rings. The summed E-state index contributed by atoms with van der Waals surface area (Å²) in [6.07, 6.45) is 0. The molecule has 0 rings (SSSR count). The van der Waals surface area contributed by atoms with Gasteiger partial charge in [-0.3, -0.25) is 0 Å². The molecule has 1 unspecified atom stereocenters. The molecule has 1 N–H and O–H groups in total. The molecule has 0 aliphatic carbocycles. The number of hydrogen-bond donors (Lipinski definition) is 1. The van der Waals surface area contributed by atoms with Crippen LogP contribution in [0.15, 0.2) is 0 Å². The largest absolute Gasteiger partial charge is 0.663 e. The van der Waals surface area contributed by atoms with E-state index in [-0.39, 0.29) is 45.2 Å². The average Bonchev–Trinajstić information content (AvgIpc) is 1.38. The average molecular weight is 178 g/mol. The topological polar surface area (TPSA) is 27.5 Å². The van der Waals surface area contributed by atoms with E-state index in [4.69, 9.17) is 0 Å². The second kappa shape index (κ2) is 10.1. The van der Waals surface area contributed by atoms with Crippen LogP contribution in [0.4, 0.5) is 0 Å². The van der Waals surface area contributed by atoms with Crippen LogP contribution in [0.25, 0.3) is 0 Å². The van der Waals surface area contributed by atoms with Crippen LogP contribution in [0.2, 0.25) is 0 Å². The zero-order chi connectivity index (χ0) is 4.28. The molecule has 0 aliphatic rings. The first-order valence-electron chi connectivity index (χ1n) is 1.62. The summed E-state index contributed by atoms with van der Waals surface area (Å²) in [5.41, 5.74) is 0. The van der Waals surface area contributed by atoms with Gasteiger partial charge in [0.25, 0.3) is 0 Å². The maximum Gasteiger partial charge on any atom is 0.0498 e. The molecule has 0 saturated heterocycles. The fourth-order valence-electron chi connectivity index (χ4n) is 0. The van der Waals surface area contributed by atoms with Crippen LogP contribution in [-0.2, 0) is 32.7 Å². The summed E-state index contributed by atoms with van der Waals surface area (Å²) in [5.74, 6) is 0. The Hall–Kier alpha value is 1.02. The van der Waals surface area contributed by atoms with Crippen molar-refractivity contribution in [1.82, 2.24) is 0 Å². The van der Waals surface area contributed by atoms with Crippen LogP contribution in [0.5, 0.6) is 0 Å². The van der Waals surface area contributed by atoms with Gasteiger partial charge in [0.2, 0.25) is 0 Å². The summed E-state index contributed by atoms with van der Waals surface area (Å²) in [5, 5.41) is 9.71. The van der Waals surface area contributed by atoms with Crippen molar-refractivity contribution in [2.75, 3.05) is 6.54 Å². The molecular weight excluding hydrogens is 167 g/mol. The van der Waals surface area contributed by atoms with Crippen molar-refractivity contribution in [1.29, 1.82) is 0 Å². The molecule has 43 valence electrons. The molecular formula is C4H11NOY-2. The first-order valence-corrected chi connectivity index (χ1v) is 1.62. The summed E-state index contributed by atoms with van der Waals surface area (Å²) < 4.78 is 0. The number of hydrogen-bond acceptors (Lipinski definition) is 1. The molecule has 0 aromatic heterocycles. The van der Waals surface area contributed by atoms with Crippen molar-refractivity contribution in [2.45, 2.75) is 6.92 Å². The normalized spacial score (nSPS) is 10.7. The summed E-state index contributed by atoms with van der Waals surface area (Å²) in [6, 6.07) is 0. The summed E-state index contributed by atoms with van der Waals surface area (Å²) in [4.78, 5) is 0. The Morgan fingerprint density at radius 3 is 1.86 bits per heavy atom. The van der Waals surface area contributed by atoms with Gasteiger partial charge in [0.05, 0.1) is 0 Å². The van der Waals surface area contributed by atoms with Gasteiger partial charge >= 0.3 is 0 Å². The Bertz CT molecular complexity index is 25.7. The Morgan fingerprint density at radius 1 is 1.71 bits per heavy atom. The Labute approximate surface area is 70.7 Å². The minimum absolute atomic E-state index is 0. The second-order valence-electron chi connectivity index (χ2n) is 0.892. The maximum atomic E-state index is 9.70. The molecule has 0 saturated carbocycles. The number of rotatable bonds is 1. The summed E-state index contributed by atoms with van der Waals surface area (Å²) in [6.45, 7) is 2.34. The molecule has 2 nitrogen and oxygen atoms in total. The van der Waals surface area contributed by atoms with Gasteiger partial charge in [0, 0.05) is 39.3 Å². The molecule has 0 fully saturated rings. The zero-order valence-corrected chi connectivity index (χ0v) is 7.74. The van der Waals surface area contributed by atoms with Crippen molar-refractivity contribution in [2.24, 2.45) is 0 Å². The first kappa shape index (κ1) is 15.7. The van der Waals surface area contributed by atoms with Crippen LogP contribution in [0, 0.1) is 19.7 Å². The van der Waals surface area contributed by atoms with E-state index in [1.807, 2.05) is 0 Å². The van der Waals surface area contributed by atoms with Crippen LogP contribution in [-0.4, -0.2) is 6.54 Å². The monoisotopic (exact) mass is 178 g/mol. The maximum absolute atomic E-state index is 9.70. The van der Waals surface area contributed by atoms with E-state index in [1.165, 1.54) is 0 Å². The first-order chi connectivity index (χ1) is 2.27. The molecule has 1 radical (unpaired) electrons. The van der Waals surface area contributed by atoms with E-state index in [0.717, 1.165) is 0 Å². The van der Waals surface area contributed by atoms with Crippen LogP contribution < -0.4 is 5.06 Å². The van der Waals surface area contributed by atoms with E-state index < -0.39 is 0 Å². The van der Waals surface area contributed by atoms with Gasteiger partial charge in [0.1, 0.15) is 0 Å². The van der Waals surface area contributed by atoms with Crippen molar-refractivity contribution < 1.29 is 37.8 Å². The predicted octanol–water partition coefficient (Wildman–Crippen LogP) is -0.372. The summed E-state index contributed by atoms with van der Waals surface area (Å²) in [7, 11) is 3.12. The van der Waals surface area contributed by atoms with E-state index in [2.05, 4.69) is 7.05 Å². The smallest absolute Gasteiger partial charge is 0.0498 e. The van der Waals surface area contributed by atoms with E-state index in [0.29, 0.717) is 6.54 Å². The Kier molecular flexibility index (Phi) is 22.6.